The number of benzene rings is 2. The van der Waals surface area contributed by atoms with Gasteiger partial charge in [-0.1, -0.05) is 0 Å². The van der Waals surface area contributed by atoms with E-state index in [4.69, 9.17) is 0 Å². The third-order valence-corrected chi connectivity index (χ3v) is 22.2. The second-order valence-corrected chi connectivity index (χ2v) is 23.6. The second-order valence-electron chi connectivity index (χ2n) is 10.7. The topological polar surface area (TPSA) is 24.1 Å². The molecule has 0 unspecified atom stereocenters. The molecule has 4 heteroatoms. The molecule has 0 amide bonds. The van der Waals surface area contributed by atoms with E-state index in [0.717, 1.165) is 0 Å². The zero-order valence-corrected chi connectivity index (χ0v) is 24.7. The second kappa shape index (κ2) is 12.6. The van der Waals surface area contributed by atoms with Crippen molar-refractivity contribution in [3.8, 4) is 0 Å². The van der Waals surface area contributed by atoms with Crippen LogP contribution in [-0.4, -0.2) is 25.4 Å². The van der Waals surface area contributed by atoms with Crippen LogP contribution >= 0.6 is 0 Å². The van der Waals surface area contributed by atoms with Crippen LogP contribution in [-0.2, 0) is 0 Å². The number of nitrogens with one attached hydrogen (secondary N) is 2. The molecule has 0 saturated heterocycles. The number of unbranched alkanes of at least 4 members (excludes halogenated alkanes) is 3. The van der Waals surface area contributed by atoms with Crippen molar-refractivity contribution in [2.45, 2.75) is 98.3 Å². The molecule has 0 aromatic heterocycles. The summed E-state index contributed by atoms with van der Waals surface area (Å²) in [4.78, 5) is 0. The summed E-state index contributed by atoms with van der Waals surface area (Å²) in [5.74, 6) is 0. The molecular formula is C30H45BN2Sn. The van der Waals surface area contributed by atoms with Crippen molar-refractivity contribution in [2.24, 2.45) is 0 Å². The molecule has 1 aliphatic carbocycles. The van der Waals surface area contributed by atoms with E-state index in [2.05, 4.69) is 77.8 Å². The molecule has 0 saturated carbocycles. The Bertz CT molecular complexity index is 950. The molecule has 1 heterocycles. The van der Waals surface area contributed by atoms with Crippen LogP contribution in [0.4, 0.5) is 11.4 Å². The number of hydrogen-bond donors (Lipinski definition) is 2. The fourth-order valence-corrected chi connectivity index (χ4v) is 21.4. The van der Waals surface area contributed by atoms with Gasteiger partial charge in [0.05, 0.1) is 0 Å². The first-order valence-corrected chi connectivity index (χ1v) is 21.9. The minimum absolute atomic E-state index is 0.186. The van der Waals surface area contributed by atoms with Crippen molar-refractivity contribution < 1.29 is 0 Å². The fourth-order valence-electron chi connectivity index (χ4n) is 6.05. The molecule has 0 spiro atoms. The van der Waals surface area contributed by atoms with E-state index >= 15 is 0 Å². The van der Waals surface area contributed by atoms with Gasteiger partial charge in [0.2, 0.25) is 0 Å². The van der Waals surface area contributed by atoms with E-state index in [9.17, 15) is 0 Å². The van der Waals surface area contributed by atoms with Crippen LogP contribution in [0, 0.1) is 0 Å². The summed E-state index contributed by atoms with van der Waals surface area (Å²) < 4.78 is 7.56. The van der Waals surface area contributed by atoms with Crippen LogP contribution in [0.15, 0.2) is 57.6 Å². The predicted molar refractivity (Wildman–Crippen MR) is 156 cm³/mol. The van der Waals surface area contributed by atoms with Gasteiger partial charge in [-0.15, -0.1) is 0 Å². The van der Waals surface area contributed by atoms with Crippen LogP contribution in [0.25, 0.3) is 10.8 Å². The van der Waals surface area contributed by atoms with Crippen molar-refractivity contribution >= 4 is 47.5 Å². The third-order valence-electron chi connectivity index (χ3n) is 8.02. The number of hydrogen-bond acceptors (Lipinski definition) is 2. The fraction of sp³-hybridized carbons (Fsp3) is 0.533. The van der Waals surface area contributed by atoms with E-state index in [0.29, 0.717) is 0 Å². The van der Waals surface area contributed by atoms with Gasteiger partial charge in [-0.05, 0) is 0 Å². The van der Waals surface area contributed by atoms with E-state index in [1.807, 2.05) is 0 Å². The van der Waals surface area contributed by atoms with Gasteiger partial charge in [0, 0.05) is 0 Å². The zero-order valence-electron chi connectivity index (χ0n) is 21.9. The third kappa shape index (κ3) is 6.06. The molecule has 2 nitrogen and oxygen atoms in total. The molecule has 182 valence electrons. The summed E-state index contributed by atoms with van der Waals surface area (Å²) >= 11 is -2.47. The van der Waals surface area contributed by atoms with Gasteiger partial charge in [-0.3, -0.25) is 0 Å². The molecule has 2 N–H and O–H groups in total. The zero-order chi connectivity index (χ0) is 23.8. The first-order chi connectivity index (χ1) is 16.7. The van der Waals surface area contributed by atoms with Crippen molar-refractivity contribution in [1.82, 2.24) is 0 Å². The van der Waals surface area contributed by atoms with Crippen LogP contribution in [0.5, 0.6) is 0 Å². The van der Waals surface area contributed by atoms with Crippen molar-refractivity contribution in [3.05, 3.63) is 57.6 Å². The maximum absolute atomic E-state index is 3.96. The van der Waals surface area contributed by atoms with Crippen LogP contribution < -0.4 is 10.5 Å². The monoisotopic (exact) mass is 564 g/mol. The Morgan fingerprint density at radius 2 is 1.44 bits per heavy atom. The summed E-state index contributed by atoms with van der Waals surface area (Å²) in [6, 6.07) is 13.4. The first-order valence-electron chi connectivity index (χ1n) is 14.2. The van der Waals surface area contributed by atoms with E-state index in [-0.39, 0.29) is 6.98 Å². The molecule has 4 rings (SSSR count). The van der Waals surface area contributed by atoms with E-state index in [1.54, 1.807) is 11.0 Å². The standard InChI is InChI=1S/C18H18BN2.3C4H9.Sn/c1-13(14-7-3-2-4-8-14)19-20-16-11-5-9-15-10-6-12-17(21-19)18(15)16;3*1-3-4-2;/h1,5-7,9-12,20-21H,2-4,8H2;3*1,3-4H2,2H3;. The quantitative estimate of drug-likeness (QED) is 0.252. The van der Waals surface area contributed by atoms with E-state index < -0.39 is 18.4 Å². The number of anilines is 2. The number of rotatable bonds is 12. The van der Waals surface area contributed by atoms with Crippen LogP contribution in [0.1, 0.15) is 85.0 Å². The molecule has 34 heavy (non-hydrogen) atoms. The van der Waals surface area contributed by atoms with Crippen molar-refractivity contribution in [1.29, 1.82) is 0 Å². The Kier molecular flexibility index (Phi) is 9.50. The van der Waals surface area contributed by atoms with Gasteiger partial charge in [0.1, 0.15) is 0 Å². The van der Waals surface area contributed by atoms with Crippen LogP contribution in [0.2, 0.25) is 13.3 Å². The van der Waals surface area contributed by atoms with Gasteiger partial charge in [0.25, 0.3) is 0 Å². The average Bonchev–Trinajstić information content (AvgIpc) is 2.88. The summed E-state index contributed by atoms with van der Waals surface area (Å²) in [5, 5.41) is 10.6. The van der Waals surface area contributed by atoms with Gasteiger partial charge in [0.15, 0.2) is 0 Å². The minimum atomic E-state index is -2.47. The van der Waals surface area contributed by atoms with E-state index in [1.165, 1.54) is 99.7 Å². The Hall–Kier alpha value is -1.36. The normalized spacial score (nSPS) is 16.3. The predicted octanol–water partition coefficient (Wildman–Crippen LogP) is 9.52. The average molecular weight is 563 g/mol. The first kappa shape index (κ1) is 25.7. The van der Waals surface area contributed by atoms with Crippen LogP contribution in [0.3, 0.4) is 0 Å². The SMILES string of the molecule is CCC[CH2][Sn](/[CH]=C(\B1Nc2cccc3cccc(c23)N1)C1=CCCCC1)([CH2]CCC)[CH2]CCC. The summed E-state index contributed by atoms with van der Waals surface area (Å²) in [6.45, 7) is 7.33. The molecule has 0 bridgehead atoms. The van der Waals surface area contributed by atoms with Gasteiger partial charge < -0.3 is 0 Å². The Labute approximate surface area is 213 Å². The van der Waals surface area contributed by atoms with Gasteiger partial charge in [-0.2, -0.15) is 0 Å². The Morgan fingerprint density at radius 1 is 0.853 bits per heavy atom. The molecule has 2 aliphatic rings. The molecule has 2 aromatic rings. The van der Waals surface area contributed by atoms with Crippen molar-refractivity contribution in [2.75, 3.05) is 10.5 Å². The Morgan fingerprint density at radius 3 is 1.94 bits per heavy atom. The van der Waals surface area contributed by atoms with Gasteiger partial charge in [-0.25, -0.2) is 0 Å². The van der Waals surface area contributed by atoms with Crippen molar-refractivity contribution in [3.63, 3.8) is 0 Å². The molecule has 1 aliphatic heterocycles. The number of allylic oxidation sites excluding steroid dienone is 3. The molecule has 0 atom stereocenters. The summed E-state index contributed by atoms with van der Waals surface area (Å²) in [7, 11) is 0. The molecule has 0 fully saturated rings. The molecular weight excluding hydrogens is 518 g/mol. The maximum atomic E-state index is 3.96. The summed E-state index contributed by atoms with van der Waals surface area (Å²) in [5.41, 5.74) is 5.82. The molecule has 2 aromatic carbocycles. The molecule has 0 radical (unpaired) electrons. The summed E-state index contributed by atoms with van der Waals surface area (Å²) in [6.07, 6.45) is 16.0. The van der Waals surface area contributed by atoms with Gasteiger partial charge >= 0.3 is 214 Å². The Balaban J connectivity index is 1.77.